The summed E-state index contributed by atoms with van der Waals surface area (Å²) in [4.78, 5) is 8.11. The van der Waals surface area contributed by atoms with Gasteiger partial charge in [-0.1, -0.05) is 29.3 Å². The van der Waals surface area contributed by atoms with Crippen LogP contribution in [0.2, 0.25) is 10.0 Å². The number of amidine groups is 1. The standard InChI is InChI=1S/C18H15Cl2N3/c1-10-8-11(2-4-14(10)20)17-16(18-21-6-7-22-18)13-9-12(19)3-5-15(13)23-17/h2-5,8-9,23H,6-7H2,1H3,(H,21,22). The van der Waals surface area contributed by atoms with E-state index in [0.717, 1.165) is 62.3 Å². The summed E-state index contributed by atoms with van der Waals surface area (Å²) in [5.41, 5.74) is 5.29. The number of halogens is 2. The average Bonchev–Trinajstić information content (AvgIpc) is 3.16. The molecule has 0 amide bonds. The first kappa shape index (κ1) is 14.6. The van der Waals surface area contributed by atoms with Crippen molar-refractivity contribution in [3.63, 3.8) is 0 Å². The molecule has 0 radical (unpaired) electrons. The van der Waals surface area contributed by atoms with Gasteiger partial charge in [-0.05, 0) is 48.4 Å². The molecule has 0 fully saturated rings. The van der Waals surface area contributed by atoms with Crippen LogP contribution >= 0.6 is 23.2 Å². The summed E-state index contributed by atoms with van der Waals surface area (Å²) in [6, 6.07) is 11.9. The SMILES string of the molecule is Cc1cc(-c2[nH]c3ccc(Cl)cc3c2C2=NCCN2)ccc1Cl. The third kappa shape index (κ3) is 2.50. The van der Waals surface area contributed by atoms with Gasteiger partial charge in [0.15, 0.2) is 0 Å². The minimum absolute atomic E-state index is 0.718. The monoisotopic (exact) mass is 343 g/mol. The highest BCUT2D eigenvalue weighted by Gasteiger charge is 2.20. The summed E-state index contributed by atoms with van der Waals surface area (Å²) in [7, 11) is 0. The molecule has 3 nitrogen and oxygen atoms in total. The highest BCUT2D eigenvalue weighted by Crippen LogP contribution is 2.34. The molecule has 0 saturated carbocycles. The van der Waals surface area contributed by atoms with Crippen LogP contribution in [0.25, 0.3) is 22.2 Å². The number of nitrogens with zero attached hydrogens (tertiary/aromatic N) is 1. The molecule has 1 aromatic heterocycles. The molecule has 1 aliphatic rings. The zero-order chi connectivity index (χ0) is 16.0. The van der Waals surface area contributed by atoms with Crippen molar-refractivity contribution in [1.82, 2.24) is 10.3 Å². The first-order valence-corrected chi connectivity index (χ1v) is 8.25. The fourth-order valence-corrected chi connectivity index (χ4v) is 3.28. The van der Waals surface area contributed by atoms with Gasteiger partial charge >= 0.3 is 0 Å². The third-order valence-electron chi connectivity index (χ3n) is 4.12. The lowest BCUT2D eigenvalue weighted by Crippen LogP contribution is -2.19. The van der Waals surface area contributed by atoms with Gasteiger partial charge in [-0.3, -0.25) is 4.99 Å². The van der Waals surface area contributed by atoms with Gasteiger partial charge in [-0.25, -0.2) is 0 Å². The Morgan fingerprint density at radius 1 is 1.09 bits per heavy atom. The Kier molecular flexibility index (Phi) is 3.55. The molecule has 3 aromatic rings. The molecule has 0 unspecified atom stereocenters. The van der Waals surface area contributed by atoms with Gasteiger partial charge in [0.2, 0.25) is 0 Å². The van der Waals surface area contributed by atoms with E-state index in [4.69, 9.17) is 23.2 Å². The Balaban J connectivity index is 2.01. The number of benzene rings is 2. The molecule has 1 aliphatic heterocycles. The Morgan fingerprint density at radius 3 is 2.70 bits per heavy atom. The van der Waals surface area contributed by atoms with E-state index in [1.54, 1.807) is 0 Å². The smallest absolute Gasteiger partial charge is 0.131 e. The number of hydrogen-bond acceptors (Lipinski definition) is 2. The summed E-state index contributed by atoms with van der Waals surface area (Å²) in [5, 5.41) is 5.93. The maximum atomic E-state index is 6.21. The second-order valence-corrected chi connectivity index (χ2v) is 6.53. The average molecular weight is 344 g/mol. The van der Waals surface area contributed by atoms with Crippen molar-refractivity contribution < 1.29 is 0 Å². The Bertz CT molecular complexity index is 941. The summed E-state index contributed by atoms with van der Waals surface area (Å²) in [5.74, 6) is 0.918. The van der Waals surface area contributed by atoms with E-state index >= 15 is 0 Å². The van der Waals surface area contributed by atoms with Gasteiger partial charge in [0, 0.05) is 33.1 Å². The van der Waals surface area contributed by atoms with Crippen LogP contribution in [0.4, 0.5) is 0 Å². The number of rotatable bonds is 2. The molecule has 0 bridgehead atoms. The minimum Gasteiger partial charge on any atom is -0.368 e. The Morgan fingerprint density at radius 2 is 1.96 bits per heavy atom. The second-order valence-electron chi connectivity index (χ2n) is 5.69. The molecule has 5 heteroatoms. The number of aromatic nitrogens is 1. The molecule has 23 heavy (non-hydrogen) atoms. The molecule has 0 spiro atoms. The van der Waals surface area contributed by atoms with Crippen molar-refractivity contribution in [2.75, 3.05) is 13.1 Å². The Hall–Kier alpha value is -1.97. The van der Waals surface area contributed by atoms with E-state index < -0.39 is 0 Å². The van der Waals surface area contributed by atoms with Gasteiger partial charge in [0.25, 0.3) is 0 Å². The van der Waals surface area contributed by atoms with Crippen molar-refractivity contribution >= 4 is 39.9 Å². The molecule has 0 atom stereocenters. The van der Waals surface area contributed by atoms with Crippen LogP contribution in [0.15, 0.2) is 41.4 Å². The van der Waals surface area contributed by atoms with Gasteiger partial charge in [0.05, 0.1) is 12.2 Å². The van der Waals surface area contributed by atoms with E-state index in [-0.39, 0.29) is 0 Å². The summed E-state index contributed by atoms with van der Waals surface area (Å²) in [6.07, 6.45) is 0. The normalized spacial score (nSPS) is 14.1. The van der Waals surface area contributed by atoms with Crippen LogP contribution in [0.5, 0.6) is 0 Å². The number of aliphatic imine (C=N–C) groups is 1. The topological polar surface area (TPSA) is 40.2 Å². The van der Waals surface area contributed by atoms with E-state index in [0.29, 0.717) is 0 Å². The Labute approximate surface area is 144 Å². The number of nitrogens with one attached hydrogen (secondary N) is 2. The van der Waals surface area contributed by atoms with Crippen molar-refractivity contribution in [1.29, 1.82) is 0 Å². The number of fused-ring (bicyclic) bond motifs is 1. The molecular weight excluding hydrogens is 329 g/mol. The first-order chi connectivity index (χ1) is 11.1. The number of H-pyrrole nitrogens is 1. The number of hydrogen-bond donors (Lipinski definition) is 2. The maximum Gasteiger partial charge on any atom is 0.131 e. The lowest BCUT2D eigenvalue weighted by atomic mass is 10.0. The predicted molar refractivity (Wildman–Crippen MR) is 97.9 cm³/mol. The fourth-order valence-electron chi connectivity index (χ4n) is 2.99. The van der Waals surface area contributed by atoms with Gasteiger partial charge in [-0.15, -0.1) is 0 Å². The van der Waals surface area contributed by atoms with Crippen molar-refractivity contribution in [2.45, 2.75) is 6.92 Å². The zero-order valence-corrected chi connectivity index (χ0v) is 14.1. The van der Waals surface area contributed by atoms with Crippen LogP contribution in [0.1, 0.15) is 11.1 Å². The van der Waals surface area contributed by atoms with Crippen LogP contribution < -0.4 is 5.32 Å². The largest absolute Gasteiger partial charge is 0.368 e. The molecule has 4 rings (SSSR count). The summed E-state index contributed by atoms with van der Waals surface area (Å²) < 4.78 is 0. The minimum atomic E-state index is 0.718. The molecule has 2 aromatic carbocycles. The summed E-state index contributed by atoms with van der Waals surface area (Å²) in [6.45, 7) is 3.67. The fraction of sp³-hybridized carbons (Fsp3) is 0.167. The molecule has 116 valence electrons. The second kappa shape index (κ2) is 5.59. The van der Waals surface area contributed by atoms with E-state index in [1.807, 2.05) is 37.3 Å². The predicted octanol–water partition coefficient (Wildman–Crippen LogP) is 4.80. The molecule has 2 heterocycles. The van der Waals surface area contributed by atoms with Gasteiger partial charge < -0.3 is 10.3 Å². The van der Waals surface area contributed by atoms with E-state index in [2.05, 4.69) is 21.4 Å². The van der Waals surface area contributed by atoms with Crippen LogP contribution in [0.3, 0.4) is 0 Å². The van der Waals surface area contributed by atoms with Gasteiger partial charge in [-0.2, -0.15) is 0 Å². The number of aryl methyl sites for hydroxylation is 1. The highest BCUT2D eigenvalue weighted by molar-refractivity contribution is 6.32. The van der Waals surface area contributed by atoms with Crippen LogP contribution in [0, 0.1) is 6.92 Å². The maximum absolute atomic E-state index is 6.21. The molecule has 0 saturated heterocycles. The highest BCUT2D eigenvalue weighted by atomic mass is 35.5. The molecule has 0 aliphatic carbocycles. The quantitative estimate of drug-likeness (QED) is 0.689. The lowest BCUT2D eigenvalue weighted by Gasteiger charge is -2.08. The van der Waals surface area contributed by atoms with E-state index in [9.17, 15) is 0 Å². The van der Waals surface area contributed by atoms with Crippen LogP contribution in [-0.4, -0.2) is 23.9 Å². The third-order valence-corrected chi connectivity index (χ3v) is 4.78. The van der Waals surface area contributed by atoms with Crippen molar-refractivity contribution in [3.8, 4) is 11.3 Å². The first-order valence-electron chi connectivity index (χ1n) is 7.50. The summed E-state index contributed by atoms with van der Waals surface area (Å²) >= 11 is 12.4. The number of aromatic amines is 1. The zero-order valence-electron chi connectivity index (χ0n) is 12.6. The van der Waals surface area contributed by atoms with E-state index in [1.165, 1.54) is 0 Å². The van der Waals surface area contributed by atoms with Gasteiger partial charge in [0.1, 0.15) is 5.84 Å². The van der Waals surface area contributed by atoms with Crippen LogP contribution in [-0.2, 0) is 0 Å². The van der Waals surface area contributed by atoms with Crippen molar-refractivity contribution in [3.05, 3.63) is 57.6 Å². The lowest BCUT2D eigenvalue weighted by molar-refractivity contribution is 0.960. The molecular formula is C18H15Cl2N3. The van der Waals surface area contributed by atoms with Crippen molar-refractivity contribution in [2.24, 2.45) is 4.99 Å². The molecule has 2 N–H and O–H groups in total.